The molecule has 1 fully saturated rings. The van der Waals surface area contributed by atoms with Crippen molar-refractivity contribution in [3.05, 3.63) is 35.4 Å². The lowest BCUT2D eigenvalue weighted by atomic mass is 9.89. The molecular weight excluding hydrogens is 260 g/mol. The van der Waals surface area contributed by atoms with Crippen LogP contribution in [-0.2, 0) is 17.8 Å². The van der Waals surface area contributed by atoms with Crippen molar-refractivity contribution in [2.24, 2.45) is 5.92 Å². The molecule has 2 aliphatic rings. The van der Waals surface area contributed by atoms with Crippen LogP contribution in [0.15, 0.2) is 24.3 Å². The molecule has 2 N–H and O–H groups in total. The van der Waals surface area contributed by atoms with Crippen LogP contribution in [0.4, 0.5) is 0 Å². The van der Waals surface area contributed by atoms with Crippen molar-refractivity contribution >= 4 is 5.91 Å². The Morgan fingerprint density at radius 2 is 1.90 bits per heavy atom. The van der Waals surface area contributed by atoms with Gasteiger partial charge in [0.15, 0.2) is 6.54 Å². The third kappa shape index (κ3) is 4.07. The summed E-state index contributed by atoms with van der Waals surface area (Å²) >= 11 is 0. The average molecular weight is 287 g/mol. The third-order valence-corrected chi connectivity index (χ3v) is 5.03. The topological polar surface area (TPSA) is 33.5 Å². The molecule has 0 radical (unpaired) electrons. The molecule has 3 nitrogen and oxygen atoms in total. The second-order valence-electron chi connectivity index (χ2n) is 6.68. The summed E-state index contributed by atoms with van der Waals surface area (Å²) in [6, 6.07) is 8.63. The second kappa shape index (κ2) is 7.08. The molecule has 0 spiro atoms. The third-order valence-electron chi connectivity index (χ3n) is 5.03. The molecule has 0 aromatic heterocycles. The number of quaternary nitrogens is 1. The van der Waals surface area contributed by atoms with E-state index >= 15 is 0 Å². The van der Waals surface area contributed by atoms with E-state index in [-0.39, 0.29) is 5.91 Å². The van der Waals surface area contributed by atoms with E-state index in [4.69, 9.17) is 0 Å². The number of fused-ring (bicyclic) bond motifs is 1. The molecule has 1 aliphatic carbocycles. The lowest BCUT2D eigenvalue weighted by molar-refractivity contribution is -0.908. The van der Waals surface area contributed by atoms with Crippen LogP contribution in [0.25, 0.3) is 0 Å². The van der Waals surface area contributed by atoms with Crippen LogP contribution in [0.1, 0.15) is 43.2 Å². The number of hydrogen-bond acceptors (Lipinski definition) is 1. The molecule has 21 heavy (non-hydrogen) atoms. The first-order chi connectivity index (χ1) is 10.3. The van der Waals surface area contributed by atoms with Gasteiger partial charge in [-0.25, -0.2) is 0 Å². The molecule has 1 unspecified atom stereocenters. The van der Waals surface area contributed by atoms with Gasteiger partial charge in [0, 0.05) is 18.5 Å². The normalized spacial score (nSPS) is 22.6. The van der Waals surface area contributed by atoms with E-state index in [1.165, 1.54) is 48.1 Å². The van der Waals surface area contributed by atoms with E-state index in [0.29, 0.717) is 6.54 Å². The molecule has 1 atom stereocenters. The number of carbonyl (C=O) groups is 1. The van der Waals surface area contributed by atoms with Gasteiger partial charge < -0.3 is 10.2 Å². The number of nitrogens with one attached hydrogen (secondary N) is 2. The van der Waals surface area contributed by atoms with Gasteiger partial charge in [0.25, 0.3) is 5.91 Å². The summed E-state index contributed by atoms with van der Waals surface area (Å²) in [7, 11) is 0. The number of hydrogen-bond donors (Lipinski definition) is 2. The molecule has 1 saturated carbocycles. The van der Waals surface area contributed by atoms with Crippen LogP contribution >= 0.6 is 0 Å². The van der Waals surface area contributed by atoms with Gasteiger partial charge in [-0.3, -0.25) is 4.79 Å². The predicted octanol–water partition coefficient (Wildman–Crippen LogP) is 1.32. The van der Waals surface area contributed by atoms with Crippen LogP contribution in [0, 0.1) is 5.92 Å². The van der Waals surface area contributed by atoms with Gasteiger partial charge in [-0.05, 0) is 24.3 Å². The van der Waals surface area contributed by atoms with Gasteiger partial charge in [0.05, 0.1) is 6.54 Å². The van der Waals surface area contributed by atoms with E-state index < -0.39 is 0 Å². The molecule has 1 aromatic carbocycles. The zero-order chi connectivity index (χ0) is 14.5. The highest BCUT2D eigenvalue weighted by atomic mass is 16.2. The molecule has 1 amide bonds. The van der Waals surface area contributed by atoms with Gasteiger partial charge in [-0.2, -0.15) is 0 Å². The first kappa shape index (κ1) is 14.6. The highest BCUT2D eigenvalue weighted by Gasteiger charge is 2.22. The van der Waals surface area contributed by atoms with Gasteiger partial charge in [-0.1, -0.05) is 43.5 Å². The van der Waals surface area contributed by atoms with Gasteiger partial charge in [0.1, 0.15) is 6.54 Å². The van der Waals surface area contributed by atoms with Crippen molar-refractivity contribution in [1.29, 1.82) is 0 Å². The Labute approximate surface area is 127 Å². The van der Waals surface area contributed by atoms with E-state index in [1.54, 1.807) is 0 Å². The van der Waals surface area contributed by atoms with Crippen LogP contribution in [0.2, 0.25) is 0 Å². The lowest BCUT2D eigenvalue weighted by Crippen LogP contribution is -3.12. The average Bonchev–Trinajstić information content (AvgIpc) is 2.54. The van der Waals surface area contributed by atoms with E-state index in [9.17, 15) is 4.79 Å². The summed E-state index contributed by atoms with van der Waals surface area (Å²) in [5.41, 5.74) is 2.88. The standard InChI is InChI=1S/C18H26N2O/c21-18(19-12-15-6-2-1-3-7-15)14-20-11-10-16-8-4-5-9-17(16)13-20/h4-5,8-9,15H,1-3,6-7,10-14H2,(H,19,21)/p+1. The summed E-state index contributed by atoms with van der Waals surface area (Å²) in [5.74, 6) is 0.953. The Kier molecular flexibility index (Phi) is 4.91. The zero-order valence-corrected chi connectivity index (χ0v) is 12.9. The number of benzene rings is 1. The SMILES string of the molecule is O=C(C[NH+]1CCc2ccccc2C1)NCC1CCCCC1. The van der Waals surface area contributed by atoms with Gasteiger partial charge in [0.2, 0.25) is 0 Å². The highest BCUT2D eigenvalue weighted by Crippen LogP contribution is 2.22. The van der Waals surface area contributed by atoms with E-state index in [0.717, 1.165) is 32.0 Å². The minimum absolute atomic E-state index is 0.231. The summed E-state index contributed by atoms with van der Waals surface area (Å²) in [5, 5.41) is 3.16. The fourth-order valence-corrected chi connectivity index (χ4v) is 3.73. The molecule has 0 bridgehead atoms. The molecular formula is C18H27N2O+. The molecule has 3 heteroatoms. The van der Waals surface area contributed by atoms with Crippen molar-refractivity contribution in [2.45, 2.75) is 45.1 Å². The van der Waals surface area contributed by atoms with Crippen LogP contribution in [0.5, 0.6) is 0 Å². The second-order valence-corrected chi connectivity index (χ2v) is 6.68. The van der Waals surface area contributed by atoms with Crippen molar-refractivity contribution in [3.63, 3.8) is 0 Å². The Bertz CT molecular complexity index is 480. The Hall–Kier alpha value is -1.35. The van der Waals surface area contributed by atoms with Crippen molar-refractivity contribution in [2.75, 3.05) is 19.6 Å². The highest BCUT2D eigenvalue weighted by molar-refractivity contribution is 5.76. The summed E-state index contributed by atoms with van der Waals surface area (Å²) in [4.78, 5) is 13.5. The van der Waals surface area contributed by atoms with E-state index in [1.807, 2.05) is 0 Å². The molecule has 0 saturated heterocycles. The Morgan fingerprint density at radius 1 is 1.14 bits per heavy atom. The smallest absolute Gasteiger partial charge is 0.275 e. The number of rotatable bonds is 4. The predicted molar refractivity (Wildman–Crippen MR) is 84.1 cm³/mol. The zero-order valence-electron chi connectivity index (χ0n) is 12.9. The molecule has 114 valence electrons. The van der Waals surface area contributed by atoms with Crippen molar-refractivity contribution in [1.82, 2.24) is 5.32 Å². The summed E-state index contributed by atoms with van der Waals surface area (Å²) in [6.45, 7) is 3.59. The molecule has 1 aromatic rings. The quantitative estimate of drug-likeness (QED) is 0.860. The maximum atomic E-state index is 12.1. The lowest BCUT2D eigenvalue weighted by Gasteiger charge is -2.26. The Balaban J connectivity index is 1.43. The van der Waals surface area contributed by atoms with E-state index in [2.05, 4.69) is 29.6 Å². The van der Waals surface area contributed by atoms with Crippen LogP contribution in [0.3, 0.4) is 0 Å². The fraction of sp³-hybridized carbons (Fsp3) is 0.611. The minimum Gasteiger partial charge on any atom is -0.351 e. The van der Waals surface area contributed by atoms with Crippen LogP contribution in [-0.4, -0.2) is 25.5 Å². The number of carbonyl (C=O) groups excluding carboxylic acids is 1. The molecule has 3 rings (SSSR count). The first-order valence-electron chi connectivity index (χ1n) is 8.48. The maximum absolute atomic E-state index is 12.1. The number of amides is 1. The first-order valence-corrected chi connectivity index (χ1v) is 8.48. The maximum Gasteiger partial charge on any atom is 0.275 e. The monoisotopic (exact) mass is 287 g/mol. The molecule has 1 aliphatic heterocycles. The van der Waals surface area contributed by atoms with Gasteiger partial charge >= 0.3 is 0 Å². The van der Waals surface area contributed by atoms with Gasteiger partial charge in [-0.15, -0.1) is 0 Å². The largest absolute Gasteiger partial charge is 0.351 e. The molecule has 1 heterocycles. The fourth-order valence-electron chi connectivity index (χ4n) is 3.73. The Morgan fingerprint density at radius 3 is 2.71 bits per heavy atom. The van der Waals surface area contributed by atoms with Crippen molar-refractivity contribution in [3.8, 4) is 0 Å². The summed E-state index contributed by atoms with van der Waals surface area (Å²) < 4.78 is 0. The van der Waals surface area contributed by atoms with Crippen LogP contribution < -0.4 is 10.2 Å². The summed E-state index contributed by atoms with van der Waals surface area (Å²) in [6.07, 6.45) is 7.75. The minimum atomic E-state index is 0.231. The van der Waals surface area contributed by atoms with Crippen molar-refractivity contribution < 1.29 is 9.69 Å².